The summed E-state index contributed by atoms with van der Waals surface area (Å²) in [4.78, 5) is 0. The second-order valence-electron chi connectivity index (χ2n) is 1.76. The number of hydrogen-bond donors (Lipinski definition) is 1. The lowest BCUT2D eigenvalue weighted by atomic mass is 13.8. The summed E-state index contributed by atoms with van der Waals surface area (Å²) in [6.45, 7) is 0. The highest BCUT2D eigenvalue weighted by Crippen LogP contribution is 2.45. The van der Waals surface area contributed by atoms with Gasteiger partial charge in [0.2, 0.25) is 0 Å². The van der Waals surface area contributed by atoms with E-state index in [1.807, 2.05) is 0 Å². The van der Waals surface area contributed by atoms with Crippen LogP contribution in [0, 0.1) is 0 Å². The molecule has 0 aromatic carbocycles. The molecule has 88 valence electrons. The van der Waals surface area contributed by atoms with E-state index in [2.05, 4.69) is 9.02 Å². The summed E-state index contributed by atoms with van der Waals surface area (Å²) in [6, 6.07) is 0. The molecule has 0 aliphatic carbocycles. The number of nitrogens with zero attached hydrogens (tertiary/aromatic N) is 4. The van der Waals surface area contributed by atoms with Crippen molar-refractivity contribution in [2.24, 2.45) is 0 Å². The van der Waals surface area contributed by atoms with Crippen LogP contribution in [0.4, 0.5) is 0 Å². The summed E-state index contributed by atoms with van der Waals surface area (Å²) < 4.78 is 10.9. The van der Waals surface area contributed by atoms with Crippen LogP contribution in [0.5, 0.6) is 0 Å². The molecule has 1 aromatic heterocycles. The minimum Gasteiger partial charge on any atom is -0.312 e. The molecular weight excluding hydrogens is 402 g/mol. The molecule has 0 saturated heterocycles. The lowest BCUT2D eigenvalue weighted by Gasteiger charge is -2.03. The molecule has 0 bridgehead atoms. The molecule has 15 heteroatoms. The van der Waals surface area contributed by atoms with Crippen LogP contribution in [-0.2, 0) is 0 Å². The average Bonchev–Trinajstić information content (AvgIpc) is 2.23. The number of hydrogen-bond acceptors (Lipinski definition) is 1. The largest absolute Gasteiger partial charge is 0.312 e. The molecule has 0 saturated carbocycles. The van der Waals surface area contributed by atoms with Crippen molar-refractivity contribution < 1.29 is 0 Å². The summed E-state index contributed by atoms with van der Waals surface area (Å²) in [6.07, 6.45) is 0. The molecule has 5 nitrogen and oxygen atoms in total. The Morgan fingerprint density at radius 2 is 1.87 bits per heavy atom. The van der Waals surface area contributed by atoms with Crippen molar-refractivity contribution in [2.45, 2.75) is 0 Å². The second-order valence-corrected chi connectivity index (χ2v) is 12.9. The average molecular weight is 405 g/mol. The van der Waals surface area contributed by atoms with Gasteiger partial charge in [-0.2, -0.15) is 15.3 Å². The lowest BCUT2D eigenvalue weighted by molar-refractivity contribution is 1.51. The SMILES string of the molecule is Cln1pn[pH][nH][pH]n(Cl)p(Cl)n(Cl)p1Cl. The van der Waals surface area contributed by atoms with Crippen LogP contribution in [-0.4, -0.2) is 19.9 Å². The molecule has 0 fully saturated rings. The van der Waals surface area contributed by atoms with Crippen LogP contribution in [0.1, 0.15) is 0 Å². The molecule has 15 heavy (non-hydrogen) atoms. The first-order valence-electron chi connectivity index (χ1n) is 2.99. The Hall–Kier alpha value is 1.95. The molecule has 0 amide bonds. The Bertz CT molecular complexity index is 400. The molecule has 4 atom stereocenters. The quantitative estimate of drug-likeness (QED) is 0.582. The van der Waals surface area contributed by atoms with Crippen molar-refractivity contribution in [2.75, 3.05) is 0 Å². The number of aromatic nitrogens is 5. The molecule has 1 heterocycles. The van der Waals surface area contributed by atoms with Crippen LogP contribution in [0.2, 0.25) is 0 Å². The van der Waals surface area contributed by atoms with Crippen molar-refractivity contribution in [3.05, 3.63) is 0 Å². The van der Waals surface area contributed by atoms with Gasteiger partial charge in [-0.3, -0.25) is 0 Å². The fraction of sp³-hybridized carbons (Fsp3) is 0. The first-order chi connectivity index (χ1) is 7.04. The van der Waals surface area contributed by atoms with E-state index in [1.54, 1.807) is 0 Å². The Kier molecular flexibility index (Phi) is 7.40. The van der Waals surface area contributed by atoms with Gasteiger partial charge in [0, 0.05) is 52.3 Å². The maximum atomic E-state index is 6.02. The van der Waals surface area contributed by atoms with Crippen molar-refractivity contribution in [1.29, 1.82) is 0 Å². The van der Waals surface area contributed by atoms with E-state index < -0.39 is 14.4 Å². The van der Waals surface area contributed by atoms with Gasteiger partial charge in [0.05, 0.1) is 0 Å². The minimum atomic E-state index is -1.44. The maximum Gasteiger partial charge on any atom is 0.167 e. The minimum absolute atomic E-state index is 0.128. The van der Waals surface area contributed by atoms with E-state index in [9.17, 15) is 0 Å². The van der Waals surface area contributed by atoms with Crippen molar-refractivity contribution in [3.63, 3.8) is 0 Å². The highest BCUT2D eigenvalue weighted by Gasteiger charge is 2.01. The Morgan fingerprint density at radius 1 is 1.20 bits per heavy atom. The molecule has 0 aliphatic heterocycles. The predicted octanol–water partition coefficient (Wildman–Crippen LogP) is 5.81. The van der Waals surface area contributed by atoms with Gasteiger partial charge in [0.1, 0.15) is 0 Å². The normalized spacial score (nSPS) is 13.7. The van der Waals surface area contributed by atoms with Gasteiger partial charge in [-0.25, -0.2) is 0 Å². The molecule has 0 radical (unpaired) electrons. The van der Waals surface area contributed by atoms with Gasteiger partial charge in [-0.1, -0.05) is 0 Å². The molecule has 4 unspecified atom stereocenters. The summed E-state index contributed by atoms with van der Waals surface area (Å²) in [5, 5.41) is 0. The summed E-state index contributed by atoms with van der Waals surface area (Å²) >= 11 is 29.7. The zero-order valence-electron chi connectivity index (χ0n) is 6.52. The number of nitrogens with one attached hydrogen (secondary N) is 1. The van der Waals surface area contributed by atoms with E-state index in [4.69, 9.17) is 57.8 Å². The summed E-state index contributed by atoms with van der Waals surface area (Å²) in [5.41, 5.74) is 0. The fourth-order valence-corrected chi connectivity index (χ4v) is 10.0. The van der Waals surface area contributed by atoms with Crippen LogP contribution < -0.4 is 0 Å². The van der Waals surface area contributed by atoms with E-state index in [1.165, 1.54) is 10.8 Å². The van der Waals surface area contributed by atoms with E-state index in [0.29, 0.717) is 8.51 Å². The molecule has 0 aliphatic rings. The number of H-pyrrole nitrogens is 1. The van der Waals surface area contributed by atoms with Gasteiger partial charge in [0.25, 0.3) is 0 Å². The summed E-state index contributed by atoms with van der Waals surface area (Å²) in [5.74, 6) is 0. The van der Waals surface area contributed by atoms with E-state index in [0.717, 1.165) is 0 Å². The zero-order chi connectivity index (χ0) is 11.4. The molecule has 0 spiro atoms. The topological polar surface area (TPSA) is 43.5 Å². The lowest BCUT2D eigenvalue weighted by Crippen LogP contribution is -1.77. The van der Waals surface area contributed by atoms with Gasteiger partial charge in [-0.15, -0.1) is 0 Å². The van der Waals surface area contributed by atoms with Crippen LogP contribution in [0.15, 0.2) is 0 Å². The first kappa shape index (κ1) is 15.0. The number of rotatable bonds is 0. The van der Waals surface area contributed by atoms with Gasteiger partial charge < -0.3 is 4.51 Å². The van der Waals surface area contributed by atoms with E-state index >= 15 is 0 Å². The monoisotopic (exact) mass is 403 g/mol. The van der Waals surface area contributed by atoms with E-state index in [-0.39, 0.29) is 17.0 Å². The predicted molar refractivity (Wildman–Crippen MR) is 78.6 cm³/mol. The molecule has 1 N–H and O–H groups in total. The maximum absolute atomic E-state index is 6.02. The number of halogens is 5. The zero-order valence-corrected chi connectivity index (χ0v) is 15.0. The van der Waals surface area contributed by atoms with Crippen molar-refractivity contribution in [1.82, 2.24) is 19.9 Å². The van der Waals surface area contributed by atoms with Gasteiger partial charge in [-0.05, 0) is 22.5 Å². The molecule has 1 aromatic rings. The van der Waals surface area contributed by atoms with Gasteiger partial charge >= 0.3 is 0 Å². The molecular formula is H3Cl5N5P5. The van der Waals surface area contributed by atoms with Crippen LogP contribution >= 0.6 is 97.7 Å². The van der Waals surface area contributed by atoms with Crippen LogP contribution in [0.25, 0.3) is 0 Å². The van der Waals surface area contributed by atoms with Gasteiger partial charge in [0.15, 0.2) is 22.9 Å². The number of aromatic amines is 1. The third kappa shape index (κ3) is 4.61. The second kappa shape index (κ2) is 7.40. The smallest absolute Gasteiger partial charge is 0.167 e. The first-order valence-corrected chi connectivity index (χ1v) is 11.0. The standard InChI is InChI=1S/Cl5H3N5P5/c1-8-12-6-11-7-13-9(2)15(5)10(3)14(8)4/h6,11-12H. The molecule has 1 rings (SSSR count). The van der Waals surface area contributed by atoms with Crippen LogP contribution in [0.3, 0.4) is 0 Å². The Labute approximate surface area is 117 Å². The van der Waals surface area contributed by atoms with Crippen molar-refractivity contribution in [3.8, 4) is 0 Å². The van der Waals surface area contributed by atoms with Crippen molar-refractivity contribution >= 4 is 97.7 Å². The summed E-state index contributed by atoms with van der Waals surface area (Å²) in [7, 11) is -1.99. The Balaban J connectivity index is 3.67. The third-order valence-corrected chi connectivity index (χ3v) is 12.9. The fourth-order valence-electron chi connectivity index (χ4n) is 0.416. The Morgan fingerprint density at radius 3 is 2.53 bits per heavy atom. The third-order valence-electron chi connectivity index (χ3n) is 0.926. The highest BCUT2D eigenvalue weighted by molar-refractivity contribution is 7.84. The highest BCUT2D eigenvalue weighted by atomic mass is 35.7.